The van der Waals surface area contributed by atoms with Crippen molar-refractivity contribution < 1.29 is 14.7 Å². The first-order valence-electron chi connectivity index (χ1n) is 9.40. The summed E-state index contributed by atoms with van der Waals surface area (Å²) in [6.45, 7) is 3.03. The van der Waals surface area contributed by atoms with Gasteiger partial charge < -0.3 is 14.7 Å². The molecule has 1 fully saturated rings. The Kier molecular flexibility index (Phi) is 7.85. The van der Waals surface area contributed by atoms with Gasteiger partial charge in [-0.2, -0.15) is 9.83 Å². The lowest BCUT2D eigenvalue weighted by Crippen LogP contribution is -2.34. The van der Waals surface area contributed by atoms with Crippen molar-refractivity contribution in [2.24, 2.45) is 0 Å². The van der Waals surface area contributed by atoms with Gasteiger partial charge in [0.25, 0.3) is 0 Å². The fourth-order valence-electron chi connectivity index (χ4n) is 3.08. The third-order valence-corrected chi connectivity index (χ3v) is 5.32. The van der Waals surface area contributed by atoms with Crippen LogP contribution in [0.5, 0.6) is 0 Å². The average molecular weight is 469 g/mol. The summed E-state index contributed by atoms with van der Waals surface area (Å²) >= 11 is 17.0. The van der Waals surface area contributed by atoms with Crippen LogP contribution < -0.4 is 0 Å². The van der Waals surface area contributed by atoms with Crippen LogP contribution in [-0.2, 0) is 21.8 Å². The van der Waals surface area contributed by atoms with E-state index in [0.717, 1.165) is 23.1 Å². The average Bonchev–Trinajstić information content (AvgIpc) is 3.36. The van der Waals surface area contributed by atoms with Crippen LogP contribution in [0.4, 0.5) is 0 Å². The van der Waals surface area contributed by atoms with E-state index in [1.165, 1.54) is 12.5 Å². The van der Waals surface area contributed by atoms with E-state index in [-0.39, 0.29) is 6.10 Å². The normalized spacial score (nSPS) is 20.6. The van der Waals surface area contributed by atoms with E-state index in [0.29, 0.717) is 27.8 Å². The van der Waals surface area contributed by atoms with Crippen molar-refractivity contribution in [3.63, 3.8) is 0 Å². The Morgan fingerprint density at radius 3 is 2.73 bits per heavy atom. The van der Waals surface area contributed by atoms with Gasteiger partial charge in [-0.15, -0.1) is 0 Å². The fraction of sp³-hybridized carbons (Fsp3) is 0.350. The monoisotopic (exact) mass is 468 g/mol. The van der Waals surface area contributed by atoms with E-state index >= 15 is 0 Å². The molecule has 2 atom stereocenters. The Morgan fingerprint density at radius 2 is 2.13 bits per heavy atom. The summed E-state index contributed by atoms with van der Waals surface area (Å²) in [5.41, 5.74) is 0.757. The molecule has 1 N–H and O–H groups in total. The molecule has 3 heterocycles. The molecular formula is C20H22Cl2N4O3S. The molecule has 3 aromatic rings. The quantitative estimate of drug-likeness (QED) is 0.414. The standard InChI is InChI=1S/C15H17Cl2N3O2.C5H5NOS/c1-2-3-12-7-21-15(22-12,8-20-10-18-9-19-20)13-5-4-11(16)6-14(13)17;7-6-4-2-1-3-5(6)8/h4-6,9-10,12H,2-3,7-8H2,1H3;1-4,7H. The number of ether oxygens (including phenoxy) is 2. The smallest absolute Gasteiger partial charge is 0.217 e. The van der Waals surface area contributed by atoms with Crippen LogP contribution in [0.2, 0.25) is 10.0 Å². The lowest BCUT2D eigenvalue weighted by atomic mass is 10.1. The van der Waals surface area contributed by atoms with Gasteiger partial charge in [-0.1, -0.05) is 60.9 Å². The molecule has 0 spiro atoms. The van der Waals surface area contributed by atoms with Crippen molar-refractivity contribution >= 4 is 35.4 Å². The number of benzene rings is 1. The Hall–Kier alpha value is -1.97. The van der Waals surface area contributed by atoms with Crippen molar-refractivity contribution in [3.8, 4) is 0 Å². The van der Waals surface area contributed by atoms with Crippen LogP contribution in [0.3, 0.4) is 0 Å². The molecule has 1 aromatic carbocycles. The highest BCUT2D eigenvalue weighted by Crippen LogP contribution is 2.41. The Balaban J connectivity index is 0.000000269. The predicted octanol–water partition coefficient (Wildman–Crippen LogP) is 5.11. The lowest BCUT2D eigenvalue weighted by molar-refractivity contribution is -0.189. The molecular weight excluding hydrogens is 447 g/mol. The van der Waals surface area contributed by atoms with E-state index in [1.807, 2.05) is 6.07 Å². The molecule has 1 saturated heterocycles. The summed E-state index contributed by atoms with van der Waals surface area (Å²) in [5, 5.41) is 14.0. The number of halogens is 2. The largest absolute Gasteiger partial charge is 0.428 e. The van der Waals surface area contributed by atoms with E-state index in [9.17, 15) is 0 Å². The minimum Gasteiger partial charge on any atom is -0.428 e. The van der Waals surface area contributed by atoms with Gasteiger partial charge in [0.15, 0.2) is 0 Å². The lowest BCUT2D eigenvalue weighted by Gasteiger charge is -2.29. The molecule has 10 heteroatoms. The maximum atomic E-state index is 8.73. The van der Waals surface area contributed by atoms with E-state index in [4.69, 9.17) is 37.9 Å². The van der Waals surface area contributed by atoms with Crippen molar-refractivity contribution in [2.45, 2.75) is 38.2 Å². The molecule has 1 aliphatic rings. The van der Waals surface area contributed by atoms with Crippen molar-refractivity contribution in [3.05, 3.63) is 75.5 Å². The molecule has 2 unspecified atom stereocenters. The minimum absolute atomic E-state index is 0.0419. The Bertz CT molecular complexity index is 1020. The van der Waals surface area contributed by atoms with Gasteiger partial charge in [0, 0.05) is 16.8 Å². The molecule has 7 nitrogen and oxygen atoms in total. The molecule has 2 aromatic heterocycles. The zero-order valence-electron chi connectivity index (χ0n) is 16.3. The van der Waals surface area contributed by atoms with Gasteiger partial charge in [0.05, 0.1) is 17.7 Å². The van der Waals surface area contributed by atoms with Gasteiger partial charge >= 0.3 is 0 Å². The number of pyridine rings is 1. The molecule has 0 radical (unpaired) electrons. The zero-order chi connectivity index (χ0) is 21.6. The molecule has 0 aliphatic carbocycles. The number of rotatable bonds is 5. The molecule has 0 bridgehead atoms. The fourth-order valence-corrected chi connectivity index (χ4v) is 3.78. The Labute approximate surface area is 189 Å². The highest BCUT2D eigenvalue weighted by atomic mass is 35.5. The highest BCUT2D eigenvalue weighted by Gasteiger charge is 2.45. The summed E-state index contributed by atoms with van der Waals surface area (Å²) in [6, 6.07) is 10.4. The third-order valence-electron chi connectivity index (χ3n) is 4.45. The van der Waals surface area contributed by atoms with Crippen LogP contribution >= 0.6 is 35.4 Å². The maximum Gasteiger partial charge on any atom is 0.217 e. The van der Waals surface area contributed by atoms with Crippen LogP contribution in [-0.4, -0.2) is 37.4 Å². The molecule has 0 saturated carbocycles. The van der Waals surface area contributed by atoms with Gasteiger partial charge in [0.2, 0.25) is 5.79 Å². The van der Waals surface area contributed by atoms with Crippen LogP contribution in [0.1, 0.15) is 25.3 Å². The second-order valence-corrected chi connectivity index (χ2v) is 7.96. The number of hydrogen-bond donors (Lipinski definition) is 1. The minimum atomic E-state index is -0.963. The summed E-state index contributed by atoms with van der Waals surface area (Å²) in [7, 11) is 0. The van der Waals surface area contributed by atoms with Crippen LogP contribution in [0.25, 0.3) is 0 Å². The van der Waals surface area contributed by atoms with E-state index in [2.05, 4.69) is 29.2 Å². The molecule has 30 heavy (non-hydrogen) atoms. The molecule has 4 rings (SSSR count). The zero-order valence-corrected chi connectivity index (χ0v) is 18.6. The predicted molar refractivity (Wildman–Crippen MR) is 116 cm³/mol. The first kappa shape index (κ1) is 22.7. The molecule has 0 amide bonds. The maximum absolute atomic E-state index is 8.73. The summed E-state index contributed by atoms with van der Waals surface area (Å²) in [6.07, 6.45) is 6.61. The van der Waals surface area contributed by atoms with Gasteiger partial charge in [-0.05, 0) is 30.7 Å². The summed E-state index contributed by atoms with van der Waals surface area (Å²) in [5.74, 6) is -0.963. The van der Waals surface area contributed by atoms with Crippen LogP contribution in [0.15, 0.2) is 55.2 Å². The number of nitrogens with zero attached hydrogens (tertiary/aromatic N) is 4. The second-order valence-electron chi connectivity index (χ2n) is 6.69. The van der Waals surface area contributed by atoms with Gasteiger partial charge in [-0.3, -0.25) is 0 Å². The van der Waals surface area contributed by atoms with Crippen LogP contribution in [0, 0.1) is 4.64 Å². The summed E-state index contributed by atoms with van der Waals surface area (Å²) < 4.78 is 15.3. The van der Waals surface area contributed by atoms with E-state index < -0.39 is 5.79 Å². The Morgan fingerprint density at radius 1 is 1.30 bits per heavy atom. The van der Waals surface area contributed by atoms with Crippen molar-refractivity contribution in [1.82, 2.24) is 19.5 Å². The third kappa shape index (κ3) is 5.59. The second kappa shape index (κ2) is 10.4. The summed E-state index contributed by atoms with van der Waals surface area (Å²) in [4.78, 5) is 3.97. The van der Waals surface area contributed by atoms with Gasteiger partial charge in [-0.25, -0.2) is 9.67 Å². The first-order chi connectivity index (χ1) is 14.4. The number of aromatic nitrogens is 4. The van der Waals surface area contributed by atoms with Gasteiger partial charge in [0.1, 0.15) is 23.8 Å². The SMILES string of the molecule is CCCC1COC(Cn2cncn2)(c2ccc(Cl)cc2Cl)O1.On1ccccc1=S. The van der Waals surface area contributed by atoms with E-state index in [1.54, 1.807) is 41.3 Å². The highest BCUT2D eigenvalue weighted by molar-refractivity contribution is 7.71. The molecule has 1 aliphatic heterocycles. The number of hydrogen-bond acceptors (Lipinski definition) is 6. The molecule has 160 valence electrons. The van der Waals surface area contributed by atoms with Crippen molar-refractivity contribution in [1.29, 1.82) is 0 Å². The topological polar surface area (TPSA) is 74.3 Å². The first-order valence-corrected chi connectivity index (χ1v) is 10.6. The van der Waals surface area contributed by atoms with Crippen molar-refractivity contribution in [2.75, 3.05) is 6.61 Å².